The normalized spacial score (nSPS) is 11.5. The minimum absolute atomic E-state index is 0.112. The molecule has 0 radical (unpaired) electrons. The Hall–Kier alpha value is -3.43. The summed E-state index contributed by atoms with van der Waals surface area (Å²) in [6.45, 7) is 1.25. The average molecular weight is 368 g/mol. The molecule has 0 saturated heterocycles. The van der Waals surface area contributed by atoms with Gasteiger partial charge in [-0.15, -0.1) is 0 Å². The molecule has 0 aliphatic heterocycles. The Balaban J connectivity index is 2.16. The van der Waals surface area contributed by atoms with Gasteiger partial charge in [-0.3, -0.25) is 19.7 Å². The molecule has 0 aliphatic carbocycles. The van der Waals surface area contributed by atoms with Crippen molar-refractivity contribution >= 4 is 23.6 Å². The van der Waals surface area contributed by atoms with Crippen LogP contribution in [0.3, 0.4) is 0 Å². The Labute approximate surface area is 144 Å². The summed E-state index contributed by atoms with van der Waals surface area (Å²) >= 11 is 0. The number of nitro groups is 1. The van der Waals surface area contributed by atoms with E-state index in [4.69, 9.17) is 4.74 Å². The molecular weight excluding hydrogens is 357 g/mol. The molecule has 1 N–H and O–H groups in total. The highest BCUT2D eigenvalue weighted by atomic mass is 19.2. The van der Waals surface area contributed by atoms with Crippen molar-refractivity contribution in [2.75, 3.05) is 5.32 Å². The van der Waals surface area contributed by atoms with Crippen molar-refractivity contribution in [2.24, 2.45) is 0 Å². The lowest BCUT2D eigenvalue weighted by atomic mass is 10.2. The van der Waals surface area contributed by atoms with E-state index in [9.17, 15) is 32.9 Å². The molecule has 2 rings (SSSR count). The van der Waals surface area contributed by atoms with Crippen LogP contribution in [0.4, 0.5) is 24.5 Å². The first-order valence-corrected chi connectivity index (χ1v) is 7.09. The molecule has 0 heterocycles. The van der Waals surface area contributed by atoms with Gasteiger partial charge in [0, 0.05) is 12.1 Å². The number of halogens is 3. The van der Waals surface area contributed by atoms with Gasteiger partial charge in [-0.05, 0) is 25.1 Å². The van der Waals surface area contributed by atoms with Crippen LogP contribution in [0, 0.1) is 27.6 Å². The molecule has 10 heteroatoms. The number of carbonyl (C=O) groups excluding carboxylic acids is 2. The minimum Gasteiger partial charge on any atom is -0.480 e. The van der Waals surface area contributed by atoms with Crippen LogP contribution >= 0.6 is 0 Å². The predicted molar refractivity (Wildman–Crippen MR) is 83.5 cm³/mol. The third kappa shape index (κ3) is 3.97. The fourth-order valence-electron chi connectivity index (χ4n) is 1.95. The van der Waals surface area contributed by atoms with Crippen molar-refractivity contribution < 1.29 is 32.4 Å². The van der Waals surface area contributed by atoms with Crippen LogP contribution < -0.4 is 10.1 Å². The lowest BCUT2D eigenvalue weighted by Crippen LogP contribution is -2.31. The second kappa shape index (κ2) is 7.64. The molecule has 1 amide bonds. The van der Waals surface area contributed by atoms with Crippen molar-refractivity contribution in [3.8, 4) is 5.75 Å². The van der Waals surface area contributed by atoms with Crippen LogP contribution in [0.5, 0.6) is 5.75 Å². The zero-order chi connectivity index (χ0) is 19.4. The van der Waals surface area contributed by atoms with Gasteiger partial charge >= 0.3 is 0 Å². The molecule has 136 valence electrons. The van der Waals surface area contributed by atoms with Crippen molar-refractivity contribution in [1.29, 1.82) is 0 Å². The summed E-state index contributed by atoms with van der Waals surface area (Å²) in [5.41, 5.74) is -1.11. The standard InChI is InChI=1S/C16H11F3N2O5/c1-8(16(23)20-12-4-3-11(17)14(18)15(12)19)26-13-5-2-10(21(24)25)6-9(13)7-22/h2-8H,1H3,(H,20,23)/t8-/m1/s1. The van der Waals surface area contributed by atoms with E-state index in [0.717, 1.165) is 24.3 Å². The highest BCUT2D eigenvalue weighted by Gasteiger charge is 2.21. The van der Waals surface area contributed by atoms with E-state index < -0.39 is 40.1 Å². The Kier molecular flexibility index (Phi) is 5.55. The highest BCUT2D eigenvalue weighted by molar-refractivity contribution is 5.94. The van der Waals surface area contributed by atoms with Gasteiger partial charge in [-0.25, -0.2) is 13.2 Å². The van der Waals surface area contributed by atoms with E-state index in [0.29, 0.717) is 12.4 Å². The monoisotopic (exact) mass is 368 g/mol. The smallest absolute Gasteiger partial charge is 0.270 e. The lowest BCUT2D eigenvalue weighted by Gasteiger charge is -2.16. The molecule has 2 aromatic rings. The van der Waals surface area contributed by atoms with E-state index in [1.54, 1.807) is 0 Å². The summed E-state index contributed by atoms with van der Waals surface area (Å²) < 4.78 is 44.9. The molecule has 0 aliphatic rings. The van der Waals surface area contributed by atoms with Crippen LogP contribution in [0.2, 0.25) is 0 Å². The Morgan fingerprint density at radius 1 is 1.23 bits per heavy atom. The number of carbonyl (C=O) groups is 2. The molecule has 0 unspecified atom stereocenters. The number of benzene rings is 2. The molecule has 2 aromatic carbocycles. The van der Waals surface area contributed by atoms with Gasteiger partial charge in [0.25, 0.3) is 11.6 Å². The van der Waals surface area contributed by atoms with Crippen LogP contribution in [-0.2, 0) is 4.79 Å². The minimum atomic E-state index is -1.74. The van der Waals surface area contributed by atoms with Crippen LogP contribution in [-0.4, -0.2) is 23.2 Å². The molecule has 0 fully saturated rings. The largest absolute Gasteiger partial charge is 0.480 e. The van der Waals surface area contributed by atoms with Gasteiger partial charge in [-0.1, -0.05) is 0 Å². The quantitative estimate of drug-likeness (QED) is 0.365. The van der Waals surface area contributed by atoms with E-state index >= 15 is 0 Å². The second-order valence-electron chi connectivity index (χ2n) is 5.07. The topological polar surface area (TPSA) is 98.5 Å². The van der Waals surface area contributed by atoms with E-state index in [1.807, 2.05) is 5.32 Å². The van der Waals surface area contributed by atoms with Crippen LogP contribution in [0.15, 0.2) is 30.3 Å². The number of rotatable bonds is 6. The van der Waals surface area contributed by atoms with Gasteiger partial charge in [0.05, 0.1) is 16.2 Å². The maximum Gasteiger partial charge on any atom is 0.270 e. The number of aldehydes is 1. The van der Waals surface area contributed by atoms with E-state index in [-0.39, 0.29) is 17.0 Å². The number of hydrogen-bond acceptors (Lipinski definition) is 5. The molecule has 0 spiro atoms. The first kappa shape index (κ1) is 18.9. The molecule has 7 nitrogen and oxygen atoms in total. The lowest BCUT2D eigenvalue weighted by molar-refractivity contribution is -0.384. The first-order chi connectivity index (χ1) is 12.2. The molecular formula is C16H11F3N2O5. The molecule has 1 atom stereocenters. The Bertz CT molecular complexity index is 888. The molecule has 0 aromatic heterocycles. The predicted octanol–water partition coefficient (Wildman–Crippen LogP) is 3.23. The maximum atomic E-state index is 13.6. The zero-order valence-corrected chi connectivity index (χ0v) is 13.2. The number of amides is 1. The third-order valence-corrected chi connectivity index (χ3v) is 3.30. The number of ether oxygens (including phenoxy) is 1. The molecule has 0 saturated carbocycles. The van der Waals surface area contributed by atoms with Gasteiger partial charge in [0.1, 0.15) is 5.75 Å². The van der Waals surface area contributed by atoms with Crippen molar-refractivity contribution in [1.82, 2.24) is 0 Å². The number of nitrogens with one attached hydrogen (secondary N) is 1. The number of non-ortho nitro benzene ring substituents is 1. The van der Waals surface area contributed by atoms with Crippen molar-refractivity contribution in [3.63, 3.8) is 0 Å². The fourth-order valence-corrected chi connectivity index (χ4v) is 1.95. The van der Waals surface area contributed by atoms with E-state index in [1.165, 1.54) is 6.92 Å². The van der Waals surface area contributed by atoms with Crippen molar-refractivity contribution in [3.05, 3.63) is 63.5 Å². The van der Waals surface area contributed by atoms with Gasteiger partial charge in [0.15, 0.2) is 29.8 Å². The Morgan fingerprint density at radius 3 is 2.54 bits per heavy atom. The number of nitro benzene ring substituents is 1. The van der Waals surface area contributed by atoms with E-state index in [2.05, 4.69) is 0 Å². The summed E-state index contributed by atoms with van der Waals surface area (Å²) in [5, 5.41) is 12.7. The summed E-state index contributed by atoms with van der Waals surface area (Å²) in [7, 11) is 0. The SMILES string of the molecule is C[C@@H](Oc1ccc([N+](=O)[O-])cc1C=O)C(=O)Nc1ccc(F)c(F)c1F. The van der Waals surface area contributed by atoms with Gasteiger partial charge < -0.3 is 10.1 Å². The number of hydrogen-bond donors (Lipinski definition) is 1. The summed E-state index contributed by atoms with van der Waals surface area (Å²) in [5.74, 6) is -5.75. The van der Waals surface area contributed by atoms with Gasteiger partial charge in [0.2, 0.25) is 0 Å². The summed E-state index contributed by atoms with van der Waals surface area (Å²) in [6, 6.07) is 4.63. The highest BCUT2D eigenvalue weighted by Crippen LogP contribution is 2.24. The molecule has 0 bridgehead atoms. The summed E-state index contributed by atoms with van der Waals surface area (Å²) in [6.07, 6.45) is -0.968. The molecule has 26 heavy (non-hydrogen) atoms. The Morgan fingerprint density at radius 2 is 1.92 bits per heavy atom. The first-order valence-electron chi connectivity index (χ1n) is 7.09. The fraction of sp³-hybridized carbons (Fsp3) is 0.125. The van der Waals surface area contributed by atoms with Gasteiger partial charge in [-0.2, -0.15) is 0 Å². The second-order valence-corrected chi connectivity index (χ2v) is 5.07. The van der Waals surface area contributed by atoms with Crippen LogP contribution in [0.1, 0.15) is 17.3 Å². The third-order valence-electron chi connectivity index (χ3n) is 3.30. The number of anilines is 1. The zero-order valence-electron chi connectivity index (χ0n) is 13.2. The maximum absolute atomic E-state index is 13.6. The summed E-state index contributed by atoms with van der Waals surface area (Å²) in [4.78, 5) is 33.0. The number of nitrogens with zero attached hydrogens (tertiary/aromatic N) is 1. The average Bonchev–Trinajstić information content (AvgIpc) is 2.62. The van der Waals surface area contributed by atoms with Crippen LogP contribution in [0.25, 0.3) is 0 Å². The van der Waals surface area contributed by atoms with Crippen molar-refractivity contribution in [2.45, 2.75) is 13.0 Å².